The van der Waals surface area contributed by atoms with Gasteiger partial charge in [0.05, 0.1) is 13.2 Å². The van der Waals surface area contributed by atoms with Crippen molar-refractivity contribution in [2.45, 2.75) is 36.0 Å². The highest BCUT2D eigenvalue weighted by Crippen LogP contribution is 2.45. The zero-order valence-electron chi connectivity index (χ0n) is 10.9. The molecule has 1 N–H and O–H groups in total. The van der Waals surface area contributed by atoms with E-state index >= 15 is 0 Å². The minimum Gasteiger partial charge on any atom is -0.490 e. The highest BCUT2D eigenvalue weighted by molar-refractivity contribution is 8.00. The SMILES string of the molecule is CNC1CC(C)Sc2cc3c(cc21)OCCCO3. The Morgan fingerprint density at radius 3 is 2.67 bits per heavy atom. The highest BCUT2D eigenvalue weighted by Gasteiger charge is 2.26. The Kier molecular flexibility index (Phi) is 3.39. The van der Waals surface area contributed by atoms with Gasteiger partial charge >= 0.3 is 0 Å². The first kappa shape index (κ1) is 12.2. The number of hydrogen-bond donors (Lipinski definition) is 1. The van der Waals surface area contributed by atoms with Crippen molar-refractivity contribution in [1.82, 2.24) is 5.32 Å². The fourth-order valence-corrected chi connectivity index (χ4v) is 3.81. The summed E-state index contributed by atoms with van der Waals surface area (Å²) in [6.45, 7) is 3.78. The van der Waals surface area contributed by atoms with Gasteiger partial charge in [-0.25, -0.2) is 0 Å². The molecule has 2 unspecified atom stereocenters. The van der Waals surface area contributed by atoms with Gasteiger partial charge < -0.3 is 14.8 Å². The summed E-state index contributed by atoms with van der Waals surface area (Å²) in [4.78, 5) is 1.33. The first-order chi connectivity index (χ1) is 8.78. The third-order valence-electron chi connectivity index (χ3n) is 3.50. The third kappa shape index (κ3) is 2.19. The maximum atomic E-state index is 5.77. The van der Waals surface area contributed by atoms with E-state index in [1.807, 2.05) is 18.8 Å². The van der Waals surface area contributed by atoms with Gasteiger partial charge in [-0.15, -0.1) is 11.8 Å². The fraction of sp³-hybridized carbons (Fsp3) is 0.571. The van der Waals surface area contributed by atoms with Crippen LogP contribution in [0, 0.1) is 0 Å². The van der Waals surface area contributed by atoms with Crippen LogP contribution in [0.25, 0.3) is 0 Å². The molecule has 3 nitrogen and oxygen atoms in total. The van der Waals surface area contributed by atoms with Crippen molar-refractivity contribution < 1.29 is 9.47 Å². The zero-order chi connectivity index (χ0) is 12.5. The number of benzene rings is 1. The van der Waals surface area contributed by atoms with Crippen molar-refractivity contribution >= 4 is 11.8 Å². The molecule has 18 heavy (non-hydrogen) atoms. The fourth-order valence-electron chi connectivity index (χ4n) is 2.58. The summed E-state index contributed by atoms with van der Waals surface area (Å²) in [5.41, 5.74) is 1.35. The van der Waals surface area contributed by atoms with E-state index in [0.29, 0.717) is 11.3 Å². The summed E-state index contributed by atoms with van der Waals surface area (Å²) >= 11 is 1.94. The lowest BCUT2D eigenvalue weighted by Gasteiger charge is -2.29. The minimum atomic E-state index is 0.424. The van der Waals surface area contributed by atoms with Crippen LogP contribution in [0.3, 0.4) is 0 Å². The Balaban J connectivity index is 2.03. The van der Waals surface area contributed by atoms with Gasteiger partial charge in [-0.05, 0) is 31.2 Å². The Morgan fingerprint density at radius 1 is 1.22 bits per heavy atom. The normalized spacial score (nSPS) is 26.3. The molecule has 4 heteroatoms. The summed E-state index contributed by atoms with van der Waals surface area (Å²) in [5.74, 6) is 1.81. The lowest BCUT2D eigenvalue weighted by molar-refractivity contribution is 0.296. The monoisotopic (exact) mass is 265 g/mol. The molecule has 0 fully saturated rings. The average molecular weight is 265 g/mol. The maximum Gasteiger partial charge on any atom is 0.162 e. The van der Waals surface area contributed by atoms with Crippen molar-refractivity contribution in [3.8, 4) is 11.5 Å². The Bertz CT molecular complexity index is 450. The van der Waals surface area contributed by atoms with Crippen molar-refractivity contribution in [1.29, 1.82) is 0 Å². The van der Waals surface area contributed by atoms with E-state index in [-0.39, 0.29) is 0 Å². The summed E-state index contributed by atoms with van der Waals surface area (Å²) in [6, 6.07) is 4.74. The quantitative estimate of drug-likeness (QED) is 0.845. The molecule has 2 aliphatic heterocycles. The van der Waals surface area contributed by atoms with E-state index < -0.39 is 0 Å². The molecule has 0 radical (unpaired) electrons. The molecule has 0 spiro atoms. The van der Waals surface area contributed by atoms with Crippen molar-refractivity contribution in [2.24, 2.45) is 0 Å². The molecule has 3 rings (SSSR count). The van der Waals surface area contributed by atoms with Crippen LogP contribution in [-0.2, 0) is 0 Å². The summed E-state index contributed by atoms with van der Waals surface area (Å²) < 4.78 is 11.5. The van der Waals surface area contributed by atoms with Gasteiger partial charge in [-0.3, -0.25) is 0 Å². The first-order valence-corrected chi connectivity index (χ1v) is 7.43. The van der Waals surface area contributed by atoms with Crippen molar-refractivity contribution in [2.75, 3.05) is 20.3 Å². The van der Waals surface area contributed by atoms with Gasteiger partial charge in [0.15, 0.2) is 11.5 Å². The number of ether oxygens (including phenoxy) is 2. The highest BCUT2D eigenvalue weighted by atomic mass is 32.2. The molecule has 0 saturated heterocycles. The molecule has 0 amide bonds. The summed E-state index contributed by atoms with van der Waals surface area (Å²) in [7, 11) is 2.03. The minimum absolute atomic E-state index is 0.424. The van der Waals surface area contributed by atoms with Gasteiger partial charge in [-0.1, -0.05) is 6.92 Å². The summed E-state index contributed by atoms with van der Waals surface area (Å²) in [5, 5.41) is 4.04. The van der Waals surface area contributed by atoms with Gasteiger partial charge in [0, 0.05) is 22.6 Å². The standard InChI is InChI=1S/C14H19NO2S/c1-9-6-11(15-2)10-7-12-13(8-14(10)18-9)17-5-3-4-16-12/h7-9,11,15H,3-6H2,1-2H3. The molecule has 0 saturated carbocycles. The molecule has 2 heterocycles. The second-order valence-corrected chi connectivity index (χ2v) is 6.37. The lowest BCUT2D eigenvalue weighted by Crippen LogP contribution is -2.24. The van der Waals surface area contributed by atoms with Gasteiger partial charge in [-0.2, -0.15) is 0 Å². The lowest BCUT2D eigenvalue weighted by atomic mass is 10.0. The molecular formula is C14H19NO2S. The molecule has 2 atom stereocenters. The number of nitrogens with one attached hydrogen (secondary N) is 1. The van der Waals surface area contributed by atoms with E-state index in [0.717, 1.165) is 37.6 Å². The number of rotatable bonds is 1. The van der Waals surface area contributed by atoms with E-state index in [1.54, 1.807) is 0 Å². The van der Waals surface area contributed by atoms with Crippen LogP contribution in [0.1, 0.15) is 31.4 Å². The third-order valence-corrected chi connectivity index (χ3v) is 4.70. The van der Waals surface area contributed by atoms with Gasteiger partial charge in [0.1, 0.15) is 0 Å². The predicted octanol–water partition coefficient (Wildman–Crippen LogP) is 2.99. The van der Waals surface area contributed by atoms with Crippen LogP contribution >= 0.6 is 11.8 Å². The van der Waals surface area contributed by atoms with Crippen LogP contribution in [0.5, 0.6) is 11.5 Å². The largest absolute Gasteiger partial charge is 0.490 e. The van der Waals surface area contributed by atoms with Crippen LogP contribution < -0.4 is 14.8 Å². The number of thioether (sulfide) groups is 1. The Labute approximate surface area is 112 Å². The maximum absolute atomic E-state index is 5.77. The van der Waals surface area contributed by atoms with E-state index in [1.165, 1.54) is 10.5 Å². The number of fused-ring (bicyclic) bond motifs is 2. The van der Waals surface area contributed by atoms with Crippen LogP contribution in [0.15, 0.2) is 17.0 Å². The molecule has 2 aliphatic rings. The van der Waals surface area contributed by atoms with Gasteiger partial charge in [0.25, 0.3) is 0 Å². The second-order valence-electron chi connectivity index (χ2n) is 4.89. The van der Waals surface area contributed by atoms with E-state index in [4.69, 9.17) is 9.47 Å². The van der Waals surface area contributed by atoms with E-state index in [9.17, 15) is 0 Å². The Hall–Kier alpha value is -0.870. The molecule has 1 aromatic rings. The van der Waals surface area contributed by atoms with Crippen molar-refractivity contribution in [3.63, 3.8) is 0 Å². The van der Waals surface area contributed by atoms with Gasteiger partial charge in [0.2, 0.25) is 0 Å². The van der Waals surface area contributed by atoms with Crippen LogP contribution in [0.2, 0.25) is 0 Å². The van der Waals surface area contributed by atoms with Crippen molar-refractivity contribution in [3.05, 3.63) is 17.7 Å². The van der Waals surface area contributed by atoms with Crippen LogP contribution in [-0.4, -0.2) is 25.5 Å². The molecule has 98 valence electrons. The van der Waals surface area contributed by atoms with Crippen LogP contribution in [0.4, 0.5) is 0 Å². The molecule has 0 aromatic heterocycles. The molecule has 0 aliphatic carbocycles. The van der Waals surface area contributed by atoms with E-state index in [2.05, 4.69) is 24.4 Å². The smallest absolute Gasteiger partial charge is 0.162 e. The summed E-state index contributed by atoms with van der Waals surface area (Å²) in [6.07, 6.45) is 2.12. The predicted molar refractivity (Wildman–Crippen MR) is 73.8 cm³/mol. The number of hydrogen-bond acceptors (Lipinski definition) is 4. The average Bonchev–Trinajstić information content (AvgIpc) is 2.60. The Morgan fingerprint density at radius 2 is 1.94 bits per heavy atom. The molecule has 0 bridgehead atoms. The molecule has 1 aromatic carbocycles. The topological polar surface area (TPSA) is 30.5 Å². The second kappa shape index (κ2) is 5.02. The zero-order valence-corrected chi connectivity index (χ0v) is 11.7. The molecular weight excluding hydrogens is 246 g/mol. The first-order valence-electron chi connectivity index (χ1n) is 6.55.